The highest BCUT2D eigenvalue weighted by atomic mass is 16.5. The molecular weight excluding hydrogens is 316 g/mol. The Balaban J connectivity index is 1.46. The summed E-state index contributed by atoms with van der Waals surface area (Å²) in [4.78, 5) is 16.2. The molecule has 0 bridgehead atoms. The Kier molecular flexibility index (Phi) is 4.07. The highest BCUT2D eigenvalue weighted by molar-refractivity contribution is 5.93. The number of fused-ring (bicyclic) bond motifs is 1. The number of ether oxygens (including phenoxy) is 2. The monoisotopic (exact) mass is 338 g/mol. The zero-order chi connectivity index (χ0) is 17.4. The van der Waals surface area contributed by atoms with Crippen LogP contribution in [0.3, 0.4) is 0 Å². The van der Waals surface area contributed by atoms with Crippen molar-refractivity contribution in [3.8, 4) is 17.2 Å². The standard InChI is InChI=1S/C20H22N2O3/c1-12-7-14-9-15(3-4-18(14)24-11-12)25-16-5-6-21-19(10-16)22-20(23)17-8-13(17)2/h3-6,9-10,12-13,17H,7-8,11H2,1-2H3,(H,21,22,23). The van der Waals surface area contributed by atoms with Crippen LogP contribution in [-0.4, -0.2) is 17.5 Å². The molecule has 1 N–H and O–H groups in total. The number of benzene rings is 1. The minimum Gasteiger partial charge on any atom is -0.493 e. The number of nitrogens with one attached hydrogen (secondary N) is 1. The lowest BCUT2D eigenvalue weighted by molar-refractivity contribution is -0.117. The van der Waals surface area contributed by atoms with Gasteiger partial charge in [0.25, 0.3) is 0 Å². The van der Waals surface area contributed by atoms with Gasteiger partial charge in [0, 0.05) is 18.2 Å². The first kappa shape index (κ1) is 15.9. The van der Waals surface area contributed by atoms with Gasteiger partial charge in [-0.15, -0.1) is 0 Å². The molecule has 0 spiro atoms. The number of pyridine rings is 1. The number of carbonyl (C=O) groups excluding carboxylic acids is 1. The van der Waals surface area contributed by atoms with Crippen LogP contribution in [0.2, 0.25) is 0 Å². The molecule has 3 unspecified atom stereocenters. The van der Waals surface area contributed by atoms with Crippen molar-refractivity contribution in [2.75, 3.05) is 11.9 Å². The summed E-state index contributed by atoms with van der Waals surface area (Å²) in [5.41, 5.74) is 1.17. The third kappa shape index (κ3) is 3.60. The van der Waals surface area contributed by atoms with Gasteiger partial charge in [0.05, 0.1) is 6.61 Å². The molecular formula is C20H22N2O3. The van der Waals surface area contributed by atoms with Crippen molar-refractivity contribution < 1.29 is 14.3 Å². The van der Waals surface area contributed by atoms with Crippen LogP contribution in [0.5, 0.6) is 17.2 Å². The van der Waals surface area contributed by atoms with Crippen molar-refractivity contribution in [1.29, 1.82) is 0 Å². The van der Waals surface area contributed by atoms with E-state index in [2.05, 4.69) is 24.1 Å². The number of hydrogen-bond acceptors (Lipinski definition) is 4. The summed E-state index contributed by atoms with van der Waals surface area (Å²) in [6, 6.07) is 9.42. The Morgan fingerprint density at radius 1 is 1.24 bits per heavy atom. The van der Waals surface area contributed by atoms with Crippen LogP contribution >= 0.6 is 0 Å². The van der Waals surface area contributed by atoms with Crippen molar-refractivity contribution in [2.45, 2.75) is 26.7 Å². The van der Waals surface area contributed by atoms with E-state index in [9.17, 15) is 4.79 Å². The van der Waals surface area contributed by atoms with Crippen molar-refractivity contribution in [3.05, 3.63) is 42.1 Å². The van der Waals surface area contributed by atoms with E-state index in [1.807, 2.05) is 18.2 Å². The van der Waals surface area contributed by atoms with Crippen LogP contribution in [0.1, 0.15) is 25.8 Å². The Morgan fingerprint density at radius 3 is 2.84 bits per heavy atom. The zero-order valence-electron chi connectivity index (χ0n) is 14.5. The van der Waals surface area contributed by atoms with Crippen molar-refractivity contribution in [3.63, 3.8) is 0 Å². The van der Waals surface area contributed by atoms with Gasteiger partial charge in [0.15, 0.2) is 0 Å². The van der Waals surface area contributed by atoms with Gasteiger partial charge in [-0.05, 0) is 54.5 Å². The van der Waals surface area contributed by atoms with Gasteiger partial charge in [-0.3, -0.25) is 4.79 Å². The number of amides is 1. The van der Waals surface area contributed by atoms with Crippen molar-refractivity contribution in [1.82, 2.24) is 4.98 Å². The SMILES string of the molecule is CC1COc2ccc(Oc3ccnc(NC(=O)C4CC4C)c3)cc2C1. The second-order valence-electron chi connectivity index (χ2n) is 7.18. The lowest BCUT2D eigenvalue weighted by Gasteiger charge is -2.22. The van der Waals surface area contributed by atoms with Gasteiger partial charge < -0.3 is 14.8 Å². The molecule has 2 aromatic rings. The van der Waals surface area contributed by atoms with Crippen LogP contribution in [0.25, 0.3) is 0 Å². The lowest BCUT2D eigenvalue weighted by atomic mass is 9.98. The molecule has 0 radical (unpaired) electrons. The van der Waals surface area contributed by atoms with Crippen LogP contribution in [0.4, 0.5) is 5.82 Å². The minimum absolute atomic E-state index is 0.0390. The number of nitrogens with zero attached hydrogens (tertiary/aromatic N) is 1. The van der Waals surface area contributed by atoms with Gasteiger partial charge in [-0.2, -0.15) is 0 Å². The first-order valence-electron chi connectivity index (χ1n) is 8.79. The summed E-state index contributed by atoms with van der Waals surface area (Å²) in [5.74, 6) is 4.01. The summed E-state index contributed by atoms with van der Waals surface area (Å²) in [6.07, 6.45) is 3.59. The third-order valence-electron chi connectivity index (χ3n) is 4.79. The van der Waals surface area contributed by atoms with E-state index in [1.54, 1.807) is 18.3 Å². The average Bonchev–Trinajstić information content (AvgIpc) is 3.32. The molecule has 5 heteroatoms. The van der Waals surface area contributed by atoms with Crippen LogP contribution in [-0.2, 0) is 11.2 Å². The van der Waals surface area contributed by atoms with Gasteiger partial charge in [-0.1, -0.05) is 13.8 Å². The molecule has 130 valence electrons. The number of aromatic nitrogens is 1. The van der Waals surface area contributed by atoms with E-state index in [0.717, 1.165) is 30.9 Å². The van der Waals surface area contributed by atoms with Gasteiger partial charge in [0.2, 0.25) is 5.91 Å². The molecule has 1 saturated carbocycles. The number of hydrogen-bond donors (Lipinski definition) is 1. The highest BCUT2D eigenvalue weighted by Gasteiger charge is 2.39. The molecule has 4 rings (SSSR count). The summed E-state index contributed by atoms with van der Waals surface area (Å²) in [7, 11) is 0. The predicted octanol–water partition coefficient (Wildman–Crippen LogP) is 4.04. The molecule has 2 aliphatic rings. The topological polar surface area (TPSA) is 60.5 Å². The highest BCUT2D eigenvalue weighted by Crippen LogP contribution is 2.38. The number of anilines is 1. The number of carbonyl (C=O) groups is 1. The molecule has 1 fully saturated rings. The molecule has 1 aromatic heterocycles. The van der Waals surface area contributed by atoms with E-state index in [0.29, 0.717) is 23.4 Å². The molecule has 5 nitrogen and oxygen atoms in total. The van der Waals surface area contributed by atoms with Crippen molar-refractivity contribution in [2.24, 2.45) is 17.8 Å². The van der Waals surface area contributed by atoms with Gasteiger partial charge in [0.1, 0.15) is 23.1 Å². The Bertz CT molecular complexity index is 805. The lowest BCUT2D eigenvalue weighted by Crippen LogP contribution is -2.17. The molecule has 1 aliphatic carbocycles. The Labute approximate surface area is 147 Å². The van der Waals surface area contributed by atoms with Gasteiger partial charge >= 0.3 is 0 Å². The number of rotatable bonds is 4. The summed E-state index contributed by atoms with van der Waals surface area (Å²) >= 11 is 0. The zero-order valence-corrected chi connectivity index (χ0v) is 14.5. The maximum atomic E-state index is 12.0. The summed E-state index contributed by atoms with van der Waals surface area (Å²) < 4.78 is 11.7. The maximum Gasteiger partial charge on any atom is 0.228 e. The largest absolute Gasteiger partial charge is 0.493 e. The molecule has 3 atom stereocenters. The average molecular weight is 338 g/mol. The van der Waals surface area contributed by atoms with E-state index >= 15 is 0 Å². The molecule has 0 saturated heterocycles. The van der Waals surface area contributed by atoms with E-state index in [1.165, 1.54) is 5.56 Å². The van der Waals surface area contributed by atoms with Crippen molar-refractivity contribution >= 4 is 11.7 Å². The normalized spacial score (nSPS) is 24.0. The fraction of sp³-hybridized carbons (Fsp3) is 0.400. The maximum absolute atomic E-state index is 12.0. The Morgan fingerprint density at radius 2 is 2.04 bits per heavy atom. The summed E-state index contributed by atoms with van der Waals surface area (Å²) in [5, 5.41) is 2.87. The molecule has 1 aromatic carbocycles. The molecule has 1 amide bonds. The first-order chi connectivity index (χ1) is 12.1. The van der Waals surface area contributed by atoms with E-state index < -0.39 is 0 Å². The smallest absolute Gasteiger partial charge is 0.228 e. The predicted molar refractivity (Wildman–Crippen MR) is 95.0 cm³/mol. The quantitative estimate of drug-likeness (QED) is 0.914. The Hall–Kier alpha value is -2.56. The fourth-order valence-corrected chi connectivity index (χ4v) is 3.17. The third-order valence-corrected chi connectivity index (χ3v) is 4.79. The second kappa shape index (κ2) is 6.39. The second-order valence-corrected chi connectivity index (χ2v) is 7.18. The minimum atomic E-state index is 0.0390. The van der Waals surface area contributed by atoms with E-state index in [-0.39, 0.29) is 11.8 Å². The van der Waals surface area contributed by atoms with Crippen LogP contribution < -0.4 is 14.8 Å². The molecule has 2 heterocycles. The van der Waals surface area contributed by atoms with E-state index in [4.69, 9.17) is 9.47 Å². The fourth-order valence-electron chi connectivity index (χ4n) is 3.17. The molecule has 25 heavy (non-hydrogen) atoms. The van der Waals surface area contributed by atoms with Crippen LogP contribution in [0, 0.1) is 17.8 Å². The van der Waals surface area contributed by atoms with Crippen LogP contribution in [0.15, 0.2) is 36.5 Å². The first-order valence-corrected chi connectivity index (χ1v) is 8.79. The summed E-state index contributed by atoms with van der Waals surface area (Å²) in [6.45, 7) is 5.02. The van der Waals surface area contributed by atoms with Gasteiger partial charge in [-0.25, -0.2) is 4.98 Å². The molecule has 1 aliphatic heterocycles.